The summed E-state index contributed by atoms with van der Waals surface area (Å²) in [6, 6.07) is 19.1. The van der Waals surface area contributed by atoms with Crippen LogP contribution < -0.4 is 9.47 Å². The van der Waals surface area contributed by atoms with Gasteiger partial charge in [0.15, 0.2) is 0 Å². The van der Waals surface area contributed by atoms with Crippen LogP contribution >= 0.6 is 0 Å². The van der Waals surface area contributed by atoms with Crippen molar-refractivity contribution in [1.82, 2.24) is 0 Å². The van der Waals surface area contributed by atoms with E-state index in [9.17, 15) is 4.79 Å². The number of rotatable bonds is 17. The predicted octanol–water partition coefficient (Wildman–Crippen LogP) is 7.73. The molecule has 0 heterocycles. The summed E-state index contributed by atoms with van der Waals surface area (Å²) in [6.45, 7) is 13.9. The molecule has 0 aliphatic heterocycles. The van der Waals surface area contributed by atoms with E-state index in [2.05, 4.69) is 34.6 Å². The lowest BCUT2D eigenvalue weighted by molar-refractivity contribution is -0.137. The highest BCUT2D eigenvalue weighted by atomic mass is 16.5. The van der Waals surface area contributed by atoms with Crippen LogP contribution in [0, 0.1) is 11.3 Å². The smallest absolute Gasteiger partial charge is 0.311 e. The molecule has 0 saturated carbocycles. The van der Waals surface area contributed by atoms with Crippen LogP contribution in [0.4, 0.5) is 0 Å². The third-order valence-corrected chi connectivity index (χ3v) is 6.00. The number of para-hydroxylation sites is 2. The Labute approximate surface area is 219 Å². The van der Waals surface area contributed by atoms with Crippen molar-refractivity contribution in [2.75, 3.05) is 33.0 Å². The molecule has 5 nitrogen and oxygen atoms in total. The van der Waals surface area contributed by atoms with Crippen LogP contribution in [0.3, 0.4) is 0 Å². The van der Waals surface area contributed by atoms with E-state index in [1.54, 1.807) is 12.1 Å². The van der Waals surface area contributed by atoms with Crippen molar-refractivity contribution in [3.63, 3.8) is 0 Å². The SMILES string of the molecule is CCC.CCC(C)(CCOCCOCCC(C)CCOc1ccccc1)CC(=O)Oc1ccccc1. The monoisotopic (exact) mass is 500 g/mol. The molecule has 2 unspecified atom stereocenters. The molecule has 5 heteroatoms. The molecular weight excluding hydrogens is 452 g/mol. The predicted molar refractivity (Wildman–Crippen MR) is 148 cm³/mol. The van der Waals surface area contributed by atoms with Gasteiger partial charge < -0.3 is 18.9 Å². The van der Waals surface area contributed by atoms with Gasteiger partial charge in [-0.05, 0) is 54.9 Å². The van der Waals surface area contributed by atoms with Crippen molar-refractivity contribution in [3.05, 3.63) is 60.7 Å². The molecule has 2 aromatic carbocycles. The van der Waals surface area contributed by atoms with Crippen molar-refractivity contribution in [2.24, 2.45) is 11.3 Å². The molecule has 0 saturated heterocycles. The van der Waals surface area contributed by atoms with Crippen molar-refractivity contribution >= 4 is 5.97 Å². The molecule has 0 amide bonds. The fourth-order valence-corrected chi connectivity index (χ4v) is 3.36. The fraction of sp³-hybridized carbons (Fsp3) is 0.581. The molecule has 0 spiro atoms. The van der Waals surface area contributed by atoms with E-state index in [-0.39, 0.29) is 11.4 Å². The zero-order valence-corrected chi connectivity index (χ0v) is 23.2. The van der Waals surface area contributed by atoms with Crippen molar-refractivity contribution in [2.45, 2.75) is 73.1 Å². The fourth-order valence-electron chi connectivity index (χ4n) is 3.36. The van der Waals surface area contributed by atoms with Gasteiger partial charge in [-0.3, -0.25) is 4.79 Å². The molecule has 2 atom stereocenters. The number of ether oxygens (including phenoxy) is 4. The highest BCUT2D eigenvalue weighted by Crippen LogP contribution is 2.30. The first-order valence-electron chi connectivity index (χ1n) is 13.5. The zero-order valence-electron chi connectivity index (χ0n) is 23.2. The third-order valence-electron chi connectivity index (χ3n) is 6.00. The number of carbonyl (C=O) groups is 1. The number of carbonyl (C=O) groups excluding carboxylic acids is 1. The minimum atomic E-state index is -0.197. The lowest BCUT2D eigenvalue weighted by Gasteiger charge is -2.27. The highest BCUT2D eigenvalue weighted by Gasteiger charge is 2.26. The Hall–Kier alpha value is -2.37. The Morgan fingerprint density at radius 3 is 1.89 bits per heavy atom. The van der Waals surface area contributed by atoms with Gasteiger partial charge in [-0.25, -0.2) is 0 Å². The quantitative estimate of drug-likeness (QED) is 0.126. The maximum atomic E-state index is 12.3. The van der Waals surface area contributed by atoms with E-state index in [1.807, 2.05) is 48.5 Å². The van der Waals surface area contributed by atoms with Gasteiger partial charge in [0.2, 0.25) is 0 Å². The molecule has 2 rings (SSSR count). The van der Waals surface area contributed by atoms with Gasteiger partial charge in [-0.2, -0.15) is 0 Å². The summed E-state index contributed by atoms with van der Waals surface area (Å²) in [4.78, 5) is 12.3. The van der Waals surface area contributed by atoms with E-state index < -0.39 is 0 Å². The van der Waals surface area contributed by atoms with Gasteiger partial charge in [-0.1, -0.05) is 83.9 Å². The Morgan fingerprint density at radius 1 is 0.778 bits per heavy atom. The van der Waals surface area contributed by atoms with E-state index in [1.165, 1.54) is 6.42 Å². The van der Waals surface area contributed by atoms with Crippen LogP contribution in [0.2, 0.25) is 0 Å². The lowest BCUT2D eigenvalue weighted by Crippen LogP contribution is -2.25. The van der Waals surface area contributed by atoms with E-state index in [0.29, 0.717) is 37.9 Å². The molecule has 2 aromatic rings. The Balaban J connectivity index is 0.00000205. The van der Waals surface area contributed by atoms with Crippen molar-refractivity contribution in [1.29, 1.82) is 0 Å². The summed E-state index contributed by atoms with van der Waals surface area (Å²) in [5.41, 5.74) is -0.135. The van der Waals surface area contributed by atoms with Gasteiger partial charge in [0.1, 0.15) is 11.5 Å². The summed E-state index contributed by atoms with van der Waals surface area (Å²) in [5, 5.41) is 0. The first-order valence-corrected chi connectivity index (χ1v) is 13.5. The molecule has 0 N–H and O–H groups in total. The average Bonchev–Trinajstić information content (AvgIpc) is 2.87. The van der Waals surface area contributed by atoms with E-state index >= 15 is 0 Å². The van der Waals surface area contributed by atoms with Crippen LogP contribution in [0.5, 0.6) is 11.5 Å². The molecule has 0 aromatic heterocycles. The van der Waals surface area contributed by atoms with Crippen molar-refractivity contribution in [3.8, 4) is 11.5 Å². The van der Waals surface area contributed by atoms with Gasteiger partial charge >= 0.3 is 5.97 Å². The standard InChI is InChI=1S/C28H40O5.C3H8/c1-4-28(3,23-27(29)33-26-13-9-6-10-14-26)17-20-31-22-21-30-18-15-24(2)16-19-32-25-11-7-5-8-12-25;1-3-2/h5-14,24H,4,15-23H2,1-3H3;3H2,1-2H3. The Bertz CT molecular complexity index is 780. The second kappa shape index (κ2) is 19.8. The van der Waals surface area contributed by atoms with E-state index in [4.69, 9.17) is 18.9 Å². The molecule has 0 radical (unpaired) electrons. The van der Waals surface area contributed by atoms with Crippen LogP contribution in [-0.2, 0) is 14.3 Å². The second-order valence-electron chi connectivity index (χ2n) is 9.65. The summed E-state index contributed by atoms with van der Waals surface area (Å²) < 4.78 is 22.7. The first-order chi connectivity index (χ1) is 17.4. The minimum absolute atomic E-state index is 0.135. The molecule has 0 fully saturated rings. The van der Waals surface area contributed by atoms with Crippen LogP contribution in [0.1, 0.15) is 73.1 Å². The molecule has 0 bridgehead atoms. The largest absolute Gasteiger partial charge is 0.494 e. The topological polar surface area (TPSA) is 54.0 Å². The van der Waals surface area contributed by atoms with Gasteiger partial charge in [0, 0.05) is 13.2 Å². The van der Waals surface area contributed by atoms with Gasteiger partial charge in [-0.15, -0.1) is 0 Å². The average molecular weight is 501 g/mol. The normalized spacial score (nSPS) is 13.1. The molecule has 202 valence electrons. The number of hydrogen-bond acceptors (Lipinski definition) is 5. The van der Waals surface area contributed by atoms with Crippen LogP contribution in [0.25, 0.3) is 0 Å². The molecular formula is C31H48O5. The summed E-state index contributed by atoms with van der Waals surface area (Å²) in [7, 11) is 0. The van der Waals surface area contributed by atoms with Gasteiger partial charge in [0.25, 0.3) is 0 Å². The minimum Gasteiger partial charge on any atom is -0.494 e. The van der Waals surface area contributed by atoms with Crippen molar-refractivity contribution < 1.29 is 23.7 Å². The van der Waals surface area contributed by atoms with Crippen LogP contribution in [-0.4, -0.2) is 39.0 Å². The summed E-state index contributed by atoms with van der Waals surface area (Å²) in [6.07, 6.45) is 5.35. The maximum Gasteiger partial charge on any atom is 0.311 e. The Morgan fingerprint density at radius 2 is 1.31 bits per heavy atom. The third kappa shape index (κ3) is 15.6. The number of benzene rings is 2. The second-order valence-corrected chi connectivity index (χ2v) is 9.65. The van der Waals surface area contributed by atoms with Crippen LogP contribution in [0.15, 0.2) is 60.7 Å². The zero-order chi connectivity index (χ0) is 26.5. The number of hydrogen-bond donors (Lipinski definition) is 0. The summed E-state index contributed by atoms with van der Waals surface area (Å²) >= 11 is 0. The Kier molecular flexibility index (Phi) is 17.4. The van der Waals surface area contributed by atoms with E-state index in [0.717, 1.165) is 44.6 Å². The maximum absolute atomic E-state index is 12.3. The summed E-state index contributed by atoms with van der Waals surface area (Å²) in [5.74, 6) is 1.87. The molecule has 36 heavy (non-hydrogen) atoms. The lowest BCUT2D eigenvalue weighted by atomic mass is 9.81. The van der Waals surface area contributed by atoms with Gasteiger partial charge in [0.05, 0.1) is 26.2 Å². The molecule has 0 aliphatic carbocycles. The number of esters is 1. The highest BCUT2D eigenvalue weighted by molar-refractivity contribution is 5.73. The first kappa shape index (κ1) is 31.7. The molecule has 0 aliphatic rings.